The van der Waals surface area contributed by atoms with Crippen LogP contribution in [0.4, 0.5) is 17.6 Å². The van der Waals surface area contributed by atoms with Crippen LogP contribution in [-0.2, 0) is 6.18 Å². The maximum Gasteiger partial charge on any atom is 0.417 e. The van der Waals surface area contributed by atoms with Gasteiger partial charge in [0.2, 0.25) is 5.88 Å². The first kappa shape index (κ1) is 11.7. The molecule has 0 unspecified atom stereocenters. The second-order valence-electron chi connectivity index (χ2n) is 2.65. The summed E-state index contributed by atoms with van der Waals surface area (Å²) in [5.41, 5.74) is 3.92. The number of nitrogens with zero attached hydrogens (tertiary/aromatic N) is 1. The first-order chi connectivity index (χ1) is 6.95. The van der Waals surface area contributed by atoms with Gasteiger partial charge in [0.25, 0.3) is 0 Å². The van der Waals surface area contributed by atoms with Crippen molar-refractivity contribution < 1.29 is 22.3 Å². The summed E-state index contributed by atoms with van der Waals surface area (Å²) in [6, 6.07) is 0.332. The normalized spacial score (nSPS) is 11.5. The van der Waals surface area contributed by atoms with Crippen molar-refractivity contribution in [2.75, 3.05) is 13.2 Å². The summed E-state index contributed by atoms with van der Waals surface area (Å²) in [4.78, 5) is 3.21. The minimum Gasteiger partial charge on any atom is -0.474 e. The number of pyridine rings is 1. The summed E-state index contributed by atoms with van der Waals surface area (Å²) in [7, 11) is 0. The highest BCUT2D eigenvalue weighted by molar-refractivity contribution is 5.22. The summed E-state index contributed by atoms with van der Waals surface area (Å²) < 4.78 is 53.9. The first-order valence-corrected chi connectivity index (χ1v) is 4.00. The molecule has 1 rings (SSSR count). The Kier molecular flexibility index (Phi) is 3.46. The fourth-order valence-corrected chi connectivity index (χ4v) is 0.842. The molecule has 0 atom stereocenters. The highest BCUT2D eigenvalue weighted by Gasteiger charge is 2.32. The molecule has 0 saturated carbocycles. The zero-order chi connectivity index (χ0) is 11.5. The molecule has 0 fully saturated rings. The molecule has 2 N–H and O–H groups in total. The summed E-state index contributed by atoms with van der Waals surface area (Å²) in [5.74, 6) is -1.63. The maximum atomic E-state index is 13.0. The molecule has 15 heavy (non-hydrogen) atoms. The van der Waals surface area contributed by atoms with Gasteiger partial charge in [-0.15, -0.1) is 0 Å². The molecule has 84 valence electrons. The molecule has 1 aromatic rings. The third-order valence-corrected chi connectivity index (χ3v) is 1.49. The molecule has 0 saturated heterocycles. The molecule has 0 amide bonds. The van der Waals surface area contributed by atoms with Crippen molar-refractivity contribution in [3.63, 3.8) is 0 Å². The molecule has 0 aliphatic heterocycles. The Labute approximate surface area is 82.9 Å². The van der Waals surface area contributed by atoms with E-state index in [1.54, 1.807) is 0 Å². The molecule has 3 nitrogen and oxygen atoms in total. The van der Waals surface area contributed by atoms with Gasteiger partial charge in [-0.3, -0.25) is 0 Å². The number of halogens is 4. The van der Waals surface area contributed by atoms with Gasteiger partial charge in [0.15, 0.2) is 5.82 Å². The Balaban J connectivity index is 2.88. The van der Waals surface area contributed by atoms with Gasteiger partial charge >= 0.3 is 6.18 Å². The second-order valence-corrected chi connectivity index (χ2v) is 2.65. The fourth-order valence-electron chi connectivity index (χ4n) is 0.842. The van der Waals surface area contributed by atoms with Gasteiger partial charge in [0, 0.05) is 12.7 Å². The average Bonchev–Trinajstić information content (AvgIpc) is 2.14. The van der Waals surface area contributed by atoms with Gasteiger partial charge in [-0.25, -0.2) is 9.37 Å². The molecule has 0 aromatic carbocycles. The highest BCUT2D eigenvalue weighted by atomic mass is 19.4. The molecular weight excluding hydrogens is 216 g/mol. The second kappa shape index (κ2) is 4.43. The van der Waals surface area contributed by atoms with E-state index in [1.165, 1.54) is 0 Å². The maximum absolute atomic E-state index is 13.0. The summed E-state index contributed by atoms with van der Waals surface area (Å²) in [5, 5.41) is 0. The molecule has 0 aliphatic carbocycles. The third kappa shape index (κ3) is 3.05. The minimum atomic E-state index is -4.61. The van der Waals surface area contributed by atoms with E-state index >= 15 is 0 Å². The van der Waals surface area contributed by atoms with E-state index in [-0.39, 0.29) is 13.2 Å². The van der Waals surface area contributed by atoms with E-state index in [2.05, 4.69) is 9.72 Å². The van der Waals surface area contributed by atoms with Crippen molar-refractivity contribution in [1.82, 2.24) is 4.98 Å². The van der Waals surface area contributed by atoms with Gasteiger partial charge in [-0.1, -0.05) is 0 Å². The Morgan fingerprint density at radius 1 is 1.40 bits per heavy atom. The van der Waals surface area contributed by atoms with E-state index in [9.17, 15) is 17.6 Å². The van der Waals surface area contributed by atoms with Crippen LogP contribution >= 0.6 is 0 Å². The number of hydrogen-bond acceptors (Lipinski definition) is 3. The number of ether oxygens (including phenoxy) is 1. The van der Waals surface area contributed by atoms with E-state index in [4.69, 9.17) is 5.73 Å². The third-order valence-electron chi connectivity index (χ3n) is 1.49. The number of aromatic nitrogens is 1. The van der Waals surface area contributed by atoms with Crippen LogP contribution in [0.25, 0.3) is 0 Å². The van der Waals surface area contributed by atoms with E-state index in [1.807, 2.05) is 0 Å². The zero-order valence-electron chi connectivity index (χ0n) is 7.51. The van der Waals surface area contributed by atoms with Crippen LogP contribution in [0.1, 0.15) is 5.56 Å². The Morgan fingerprint density at radius 3 is 2.53 bits per heavy atom. The zero-order valence-corrected chi connectivity index (χ0v) is 7.51. The van der Waals surface area contributed by atoms with Crippen molar-refractivity contribution in [2.45, 2.75) is 6.18 Å². The summed E-state index contributed by atoms with van der Waals surface area (Å²) in [6.07, 6.45) is -4.10. The average molecular weight is 224 g/mol. The molecule has 0 radical (unpaired) electrons. The van der Waals surface area contributed by atoms with Crippen LogP contribution in [0.15, 0.2) is 12.3 Å². The minimum absolute atomic E-state index is 0.00468. The Hall–Kier alpha value is -1.37. The number of rotatable bonds is 3. The van der Waals surface area contributed by atoms with Gasteiger partial charge < -0.3 is 10.5 Å². The predicted molar refractivity (Wildman–Crippen MR) is 43.7 cm³/mol. The molecular formula is C8H8F4N2O. The van der Waals surface area contributed by atoms with Crippen molar-refractivity contribution >= 4 is 0 Å². The van der Waals surface area contributed by atoms with Crippen LogP contribution in [0, 0.1) is 5.82 Å². The fraction of sp³-hybridized carbons (Fsp3) is 0.375. The van der Waals surface area contributed by atoms with Crippen molar-refractivity contribution in [3.05, 3.63) is 23.6 Å². The Morgan fingerprint density at radius 2 is 2.07 bits per heavy atom. The largest absolute Gasteiger partial charge is 0.474 e. The quantitative estimate of drug-likeness (QED) is 0.793. The van der Waals surface area contributed by atoms with Crippen molar-refractivity contribution in [1.29, 1.82) is 0 Å². The van der Waals surface area contributed by atoms with E-state index < -0.39 is 23.4 Å². The Bertz CT molecular complexity index is 340. The van der Waals surface area contributed by atoms with Gasteiger partial charge in [0.1, 0.15) is 6.61 Å². The van der Waals surface area contributed by atoms with Crippen LogP contribution in [0.2, 0.25) is 0 Å². The smallest absolute Gasteiger partial charge is 0.417 e. The summed E-state index contributed by atoms with van der Waals surface area (Å²) in [6.45, 7) is 0.122. The highest BCUT2D eigenvalue weighted by Crippen LogP contribution is 2.30. The predicted octanol–water partition coefficient (Wildman–Crippen LogP) is 1.58. The standard InChI is InChI=1S/C8H8F4N2O/c9-6-3-5(8(10,11)12)4-14-7(6)15-2-1-13/h3-4H,1-2,13H2. The monoisotopic (exact) mass is 224 g/mol. The van der Waals surface area contributed by atoms with Gasteiger partial charge in [-0.05, 0) is 6.07 Å². The van der Waals surface area contributed by atoms with E-state index in [0.717, 1.165) is 0 Å². The van der Waals surface area contributed by atoms with Crippen LogP contribution < -0.4 is 10.5 Å². The molecule has 0 aliphatic rings. The van der Waals surface area contributed by atoms with Crippen LogP contribution in [-0.4, -0.2) is 18.1 Å². The SMILES string of the molecule is NCCOc1ncc(C(F)(F)F)cc1F. The van der Waals surface area contributed by atoms with E-state index in [0.29, 0.717) is 12.3 Å². The van der Waals surface area contributed by atoms with Gasteiger partial charge in [-0.2, -0.15) is 13.2 Å². The molecule has 1 heterocycles. The lowest BCUT2D eigenvalue weighted by Crippen LogP contribution is -2.13. The van der Waals surface area contributed by atoms with Crippen molar-refractivity contribution in [2.24, 2.45) is 5.73 Å². The summed E-state index contributed by atoms with van der Waals surface area (Å²) >= 11 is 0. The van der Waals surface area contributed by atoms with Crippen LogP contribution in [0.5, 0.6) is 5.88 Å². The van der Waals surface area contributed by atoms with Crippen molar-refractivity contribution in [3.8, 4) is 5.88 Å². The molecule has 0 bridgehead atoms. The first-order valence-electron chi connectivity index (χ1n) is 4.00. The lowest BCUT2D eigenvalue weighted by molar-refractivity contribution is -0.138. The molecule has 1 aromatic heterocycles. The number of alkyl halides is 3. The lowest BCUT2D eigenvalue weighted by atomic mass is 10.3. The van der Waals surface area contributed by atoms with Gasteiger partial charge in [0.05, 0.1) is 5.56 Å². The molecule has 7 heteroatoms. The lowest BCUT2D eigenvalue weighted by Gasteiger charge is -2.08. The van der Waals surface area contributed by atoms with Crippen LogP contribution in [0.3, 0.4) is 0 Å². The topological polar surface area (TPSA) is 48.1 Å². The molecule has 0 spiro atoms. The number of hydrogen-bond donors (Lipinski definition) is 1. The number of nitrogens with two attached hydrogens (primary N) is 1.